The second-order valence-electron chi connectivity index (χ2n) is 11.7. The van der Waals surface area contributed by atoms with Crippen LogP contribution in [0.5, 0.6) is 23.0 Å². The molecule has 44 heavy (non-hydrogen) atoms. The smallest absolute Gasteiger partial charge is 0.339 e. The van der Waals surface area contributed by atoms with Crippen molar-refractivity contribution in [3.8, 4) is 23.0 Å². The van der Waals surface area contributed by atoms with Crippen LogP contribution in [0.15, 0.2) is 97.1 Å². The van der Waals surface area contributed by atoms with Crippen molar-refractivity contribution in [3.63, 3.8) is 0 Å². The Bertz CT molecular complexity index is 1470. The second-order valence-corrected chi connectivity index (χ2v) is 11.7. The van der Waals surface area contributed by atoms with Crippen molar-refractivity contribution in [2.75, 3.05) is 0 Å². The minimum absolute atomic E-state index is 0.0809. The lowest BCUT2D eigenvalue weighted by molar-refractivity contribution is 0.0683. The van der Waals surface area contributed by atoms with Crippen LogP contribution >= 0.6 is 0 Å². The zero-order valence-corrected chi connectivity index (χ0v) is 26.2. The lowest BCUT2D eigenvalue weighted by atomic mass is 9.87. The average molecular weight is 597 g/mol. The average Bonchev–Trinajstić information content (AvgIpc) is 3.00. The van der Waals surface area contributed by atoms with Crippen LogP contribution in [0.3, 0.4) is 0 Å². The Labute approximate surface area is 261 Å². The topological polar surface area (TPSA) is 93.1 Å². The van der Waals surface area contributed by atoms with Crippen LogP contribution < -0.4 is 9.47 Å². The quantitative estimate of drug-likeness (QED) is 0.149. The number of unbranched alkanes of at least 4 members (excludes halogenated alkanes) is 5. The van der Waals surface area contributed by atoms with Crippen LogP contribution in [0.4, 0.5) is 0 Å². The molecule has 0 unspecified atom stereocenters. The van der Waals surface area contributed by atoms with Crippen molar-refractivity contribution in [2.24, 2.45) is 0 Å². The highest BCUT2D eigenvalue weighted by Gasteiger charge is 2.15. The van der Waals surface area contributed by atoms with Gasteiger partial charge in [0.05, 0.1) is 0 Å². The second kappa shape index (κ2) is 16.9. The summed E-state index contributed by atoms with van der Waals surface area (Å²) >= 11 is 0. The normalized spacial score (nSPS) is 10.8. The van der Waals surface area contributed by atoms with Gasteiger partial charge in [0.15, 0.2) is 0 Å². The lowest BCUT2D eigenvalue weighted by Gasteiger charge is -2.19. The number of aromatic carboxylic acids is 2. The molecule has 0 fully saturated rings. The van der Waals surface area contributed by atoms with E-state index in [9.17, 15) is 14.7 Å². The number of hydrogen-bond acceptors (Lipinski definition) is 4. The van der Waals surface area contributed by atoms with Gasteiger partial charge < -0.3 is 19.7 Å². The van der Waals surface area contributed by atoms with Crippen molar-refractivity contribution in [3.05, 3.63) is 119 Å². The van der Waals surface area contributed by atoms with Crippen LogP contribution in [0, 0.1) is 0 Å². The highest BCUT2D eigenvalue weighted by Crippen LogP contribution is 2.29. The molecular weight excluding hydrogens is 552 g/mol. The third-order valence-electron chi connectivity index (χ3n) is 7.15. The van der Waals surface area contributed by atoms with E-state index in [0.29, 0.717) is 23.0 Å². The fourth-order valence-electron chi connectivity index (χ4n) is 4.58. The minimum Gasteiger partial charge on any atom is -0.478 e. The third kappa shape index (κ3) is 10.9. The summed E-state index contributed by atoms with van der Waals surface area (Å²) in [6.07, 6.45) is 8.86. The summed E-state index contributed by atoms with van der Waals surface area (Å²) in [5, 5.41) is 18.3. The van der Waals surface area contributed by atoms with Gasteiger partial charge in [0.25, 0.3) is 0 Å². The number of carboxylic acid groups (broad SMARTS) is 2. The molecule has 0 atom stereocenters. The first-order valence-electron chi connectivity index (χ1n) is 15.3. The van der Waals surface area contributed by atoms with Crippen molar-refractivity contribution >= 4 is 11.9 Å². The minimum atomic E-state index is -0.994. The van der Waals surface area contributed by atoms with Gasteiger partial charge in [-0.05, 0) is 77.9 Å². The maximum Gasteiger partial charge on any atom is 0.339 e. The third-order valence-corrected chi connectivity index (χ3v) is 7.15. The number of carboxylic acids is 2. The van der Waals surface area contributed by atoms with Gasteiger partial charge in [0.2, 0.25) is 0 Å². The van der Waals surface area contributed by atoms with Gasteiger partial charge >= 0.3 is 11.9 Å². The maximum atomic E-state index is 11.2. The van der Waals surface area contributed by atoms with E-state index in [1.54, 1.807) is 42.5 Å². The largest absolute Gasteiger partial charge is 0.478 e. The Balaban J connectivity index is 0.000000244. The van der Waals surface area contributed by atoms with E-state index < -0.39 is 11.9 Å². The molecule has 0 aliphatic heterocycles. The molecule has 4 rings (SSSR count). The van der Waals surface area contributed by atoms with Gasteiger partial charge in [-0.25, -0.2) is 9.59 Å². The molecule has 0 saturated heterocycles. The number of aryl methyl sites for hydroxylation is 1. The molecular formula is C38H44O6. The Morgan fingerprint density at radius 2 is 1.02 bits per heavy atom. The fourth-order valence-corrected chi connectivity index (χ4v) is 4.58. The maximum absolute atomic E-state index is 11.2. The van der Waals surface area contributed by atoms with Gasteiger partial charge in [0.1, 0.15) is 34.1 Å². The molecule has 0 aromatic heterocycles. The van der Waals surface area contributed by atoms with E-state index in [4.69, 9.17) is 14.6 Å². The highest BCUT2D eigenvalue weighted by molar-refractivity contribution is 5.91. The summed E-state index contributed by atoms with van der Waals surface area (Å²) in [5.41, 5.74) is 2.92. The monoisotopic (exact) mass is 596 g/mol. The number of hydrogen-bond donors (Lipinski definition) is 2. The molecule has 0 aliphatic carbocycles. The first-order chi connectivity index (χ1) is 21.1. The standard InChI is InChI=1S/C21H26O3.C17H18O3/c1-2-3-4-5-6-7-10-17-13-15-18(16-14-17)24-20-12-9-8-11-19(20)21(22)23;1-17(2,3)12-8-10-13(11-9-12)20-15-7-5-4-6-14(15)16(18)19/h8-9,11-16H,2-7,10H2,1H3,(H,22,23);4-11H,1-3H3,(H,18,19). The molecule has 0 radical (unpaired) electrons. The zero-order valence-electron chi connectivity index (χ0n) is 26.2. The molecule has 0 spiro atoms. The summed E-state index contributed by atoms with van der Waals surface area (Å²) in [7, 11) is 0. The van der Waals surface area contributed by atoms with Crippen molar-refractivity contribution in [1.82, 2.24) is 0 Å². The van der Waals surface area contributed by atoms with Crippen LogP contribution in [-0.2, 0) is 11.8 Å². The molecule has 0 bridgehead atoms. The van der Waals surface area contributed by atoms with Crippen molar-refractivity contribution < 1.29 is 29.3 Å². The van der Waals surface area contributed by atoms with E-state index in [1.165, 1.54) is 55.7 Å². The molecule has 0 amide bonds. The van der Waals surface area contributed by atoms with Gasteiger partial charge in [-0.3, -0.25) is 0 Å². The highest BCUT2D eigenvalue weighted by atomic mass is 16.5. The molecule has 6 nitrogen and oxygen atoms in total. The Morgan fingerprint density at radius 1 is 0.591 bits per heavy atom. The van der Waals surface area contributed by atoms with Gasteiger partial charge in [-0.15, -0.1) is 0 Å². The van der Waals surface area contributed by atoms with Gasteiger partial charge in [-0.1, -0.05) is 108 Å². The van der Waals surface area contributed by atoms with Crippen LogP contribution in [0.1, 0.15) is 98.1 Å². The molecule has 6 heteroatoms. The molecule has 2 N–H and O–H groups in total. The number of carbonyl (C=O) groups is 2. The van der Waals surface area contributed by atoms with Gasteiger partial charge in [0, 0.05) is 0 Å². The summed E-state index contributed by atoms with van der Waals surface area (Å²) in [5.74, 6) is 0.0384. The predicted molar refractivity (Wildman–Crippen MR) is 176 cm³/mol. The summed E-state index contributed by atoms with van der Waals surface area (Å²) in [4.78, 5) is 22.3. The fraction of sp³-hybridized carbons (Fsp3) is 0.316. The number of ether oxygens (including phenoxy) is 2. The molecule has 4 aromatic carbocycles. The first-order valence-corrected chi connectivity index (χ1v) is 15.3. The molecule has 0 aliphatic rings. The van der Waals surface area contributed by atoms with E-state index in [2.05, 4.69) is 39.8 Å². The van der Waals surface area contributed by atoms with Crippen molar-refractivity contribution in [2.45, 2.75) is 78.1 Å². The van der Waals surface area contributed by atoms with Crippen LogP contribution in [0.2, 0.25) is 0 Å². The Hall–Kier alpha value is -4.58. The van der Waals surface area contributed by atoms with E-state index in [1.807, 2.05) is 36.4 Å². The van der Waals surface area contributed by atoms with Crippen LogP contribution in [-0.4, -0.2) is 22.2 Å². The van der Waals surface area contributed by atoms with E-state index in [-0.39, 0.29) is 16.5 Å². The lowest BCUT2D eigenvalue weighted by Crippen LogP contribution is -2.10. The summed E-state index contributed by atoms with van der Waals surface area (Å²) in [6, 6.07) is 29.0. The summed E-state index contributed by atoms with van der Waals surface area (Å²) < 4.78 is 11.4. The SMILES string of the molecule is CC(C)(C)c1ccc(Oc2ccccc2C(=O)O)cc1.CCCCCCCCc1ccc(Oc2ccccc2C(=O)O)cc1. The van der Waals surface area contributed by atoms with E-state index >= 15 is 0 Å². The summed E-state index contributed by atoms with van der Waals surface area (Å²) in [6.45, 7) is 8.66. The number of rotatable bonds is 13. The number of benzene rings is 4. The molecule has 0 heterocycles. The van der Waals surface area contributed by atoms with E-state index in [0.717, 1.165) is 6.42 Å². The zero-order chi connectivity index (χ0) is 32.0. The molecule has 0 saturated carbocycles. The van der Waals surface area contributed by atoms with Gasteiger partial charge in [-0.2, -0.15) is 0 Å². The number of para-hydroxylation sites is 2. The molecule has 4 aromatic rings. The predicted octanol–water partition coefficient (Wildman–Crippen LogP) is 10.6. The first kappa shape index (κ1) is 33.9. The van der Waals surface area contributed by atoms with Crippen molar-refractivity contribution in [1.29, 1.82) is 0 Å². The van der Waals surface area contributed by atoms with Crippen LogP contribution in [0.25, 0.3) is 0 Å². The Kier molecular flexibility index (Phi) is 13.0. The molecule has 232 valence electrons. The Morgan fingerprint density at radius 3 is 1.48 bits per heavy atom.